The Balaban J connectivity index is 2.43. The van der Waals surface area contributed by atoms with Gasteiger partial charge >= 0.3 is 0 Å². The van der Waals surface area contributed by atoms with Crippen molar-refractivity contribution in [2.24, 2.45) is 5.73 Å². The lowest BCUT2D eigenvalue weighted by atomic mass is 10.2. The molecule has 1 rings (SSSR count). The van der Waals surface area contributed by atoms with Crippen molar-refractivity contribution in [2.75, 3.05) is 6.54 Å². The van der Waals surface area contributed by atoms with Gasteiger partial charge in [0.15, 0.2) is 0 Å². The maximum Gasteiger partial charge on any atom is 0.247 e. The van der Waals surface area contributed by atoms with Crippen LogP contribution in [0.15, 0.2) is 18.2 Å². The molecule has 4 nitrogen and oxygen atoms in total. The molecular weight excluding hydrogens is 251 g/mol. The fourth-order valence-electron chi connectivity index (χ4n) is 1.10. The standard InChI is InChI=1S/C10H12Cl2N2O2/c11-7-2-1-6(3-8(7)12)4-14-5-9(15)10(13)16/h1-3,9,14-15H,4-5H2,(H2,13,16). The second-order valence-corrected chi connectivity index (χ2v) is 4.11. The van der Waals surface area contributed by atoms with Gasteiger partial charge in [-0.15, -0.1) is 0 Å². The molecule has 0 aliphatic heterocycles. The van der Waals surface area contributed by atoms with Crippen molar-refractivity contribution >= 4 is 29.1 Å². The molecule has 0 saturated carbocycles. The normalized spacial score (nSPS) is 12.4. The minimum Gasteiger partial charge on any atom is -0.382 e. The summed E-state index contributed by atoms with van der Waals surface area (Å²) in [6.45, 7) is 0.580. The summed E-state index contributed by atoms with van der Waals surface area (Å²) < 4.78 is 0. The Labute approximate surface area is 103 Å². The summed E-state index contributed by atoms with van der Waals surface area (Å²) in [4.78, 5) is 10.5. The molecule has 0 aromatic heterocycles. The zero-order chi connectivity index (χ0) is 12.1. The van der Waals surface area contributed by atoms with Crippen LogP contribution >= 0.6 is 23.2 Å². The van der Waals surface area contributed by atoms with Crippen LogP contribution in [0, 0.1) is 0 Å². The lowest BCUT2D eigenvalue weighted by Crippen LogP contribution is -2.37. The summed E-state index contributed by atoms with van der Waals surface area (Å²) in [5, 5.41) is 13.0. The number of rotatable bonds is 5. The van der Waals surface area contributed by atoms with Gasteiger partial charge in [-0.05, 0) is 17.7 Å². The molecule has 0 saturated heterocycles. The number of amides is 1. The van der Waals surface area contributed by atoms with Crippen molar-refractivity contribution in [3.63, 3.8) is 0 Å². The summed E-state index contributed by atoms with van der Waals surface area (Å²) in [5.41, 5.74) is 5.80. The molecule has 6 heteroatoms. The van der Waals surface area contributed by atoms with Gasteiger partial charge in [0.05, 0.1) is 10.0 Å². The van der Waals surface area contributed by atoms with Gasteiger partial charge in [-0.1, -0.05) is 29.3 Å². The molecule has 16 heavy (non-hydrogen) atoms. The minimum atomic E-state index is -1.18. The van der Waals surface area contributed by atoms with E-state index in [9.17, 15) is 4.79 Å². The van der Waals surface area contributed by atoms with Crippen LogP contribution in [-0.2, 0) is 11.3 Å². The topological polar surface area (TPSA) is 75.4 Å². The molecule has 1 aromatic carbocycles. The molecule has 0 spiro atoms. The summed E-state index contributed by atoms with van der Waals surface area (Å²) >= 11 is 11.6. The van der Waals surface area contributed by atoms with E-state index in [2.05, 4.69) is 5.32 Å². The first kappa shape index (κ1) is 13.3. The van der Waals surface area contributed by atoms with E-state index in [1.54, 1.807) is 18.2 Å². The maximum absolute atomic E-state index is 10.5. The van der Waals surface area contributed by atoms with E-state index >= 15 is 0 Å². The first-order valence-electron chi connectivity index (χ1n) is 4.62. The molecule has 0 aliphatic rings. The van der Waals surface area contributed by atoms with Crippen molar-refractivity contribution in [2.45, 2.75) is 12.6 Å². The highest BCUT2D eigenvalue weighted by molar-refractivity contribution is 6.42. The van der Waals surface area contributed by atoms with Gasteiger partial charge in [-0.3, -0.25) is 4.79 Å². The zero-order valence-corrected chi connectivity index (χ0v) is 9.92. The summed E-state index contributed by atoms with van der Waals surface area (Å²) in [6.07, 6.45) is -1.18. The van der Waals surface area contributed by atoms with Crippen molar-refractivity contribution in [3.8, 4) is 0 Å². The molecule has 4 N–H and O–H groups in total. The lowest BCUT2D eigenvalue weighted by Gasteiger charge is -2.08. The van der Waals surface area contributed by atoms with Gasteiger partial charge in [0.2, 0.25) is 5.91 Å². The average Bonchev–Trinajstić information content (AvgIpc) is 2.23. The molecule has 1 atom stereocenters. The number of carbonyl (C=O) groups excluding carboxylic acids is 1. The molecule has 0 aliphatic carbocycles. The second-order valence-electron chi connectivity index (χ2n) is 3.30. The number of aliphatic hydroxyl groups is 1. The number of benzene rings is 1. The van der Waals surface area contributed by atoms with E-state index in [1.807, 2.05) is 0 Å². The van der Waals surface area contributed by atoms with Crippen molar-refractivity contribution in [1.29, 1.82) is 0 Å². The van der Waals surface area contributed by atoms with Crippen LogP contribution in [-0.4, -0.2) is 23.7 Å². The first-order valence-corrected chi connectivity index (χ1v) is 5.38. The molecule has 0 radical (unpaired) electrons. The minimum absolute atomic E-state index is 0.107. The number of hydrogen-bond acceptors (Lipinski definition) is 3. The quantitative estimate of drug-likeness (QED) is 0.739. The Morgan fingerprint density at radius 3 is 2.69 bits per heavy atom. The number of nitrogens with one attached hydrogen (secondary N) is 1. The Morgan fingerprint density at radius 2 is 2.12 bits per heavy atom. The molecule has 0 bridgehead atoms. The van der Waals surface area contributed by atoms with Crippen molar-refractivity contribution in [1.82, 2.24) is 5.32 Å². The van der Waals surface area contributed by atoms with E-state index in [-0.39, 0.29) is 6.54 Å². The Morgan fingerprint density at radius 1 is 1.44 bits per heavy atom. The fraction of sp³-hybridized carbons (Fsp3) is 0.300. The van der Waals surface area contributed by atoms with Crippen LogP contribution in [0.25, 0.3) is 0 Å². The number of halogens is 2. The Bertz CT molecular complexity index is 385. The average molecular weight is 263 g/mol. The predicted molar refractivity (Wildman–Crippen MR) is 63.4 cm³/mol. The molecule has 88 valence electrons. The molecule has 0 fully saturated rings. The lowest BCUT2D eigenvalue weighted by molar-refractivity contribution is -0.125. The number of nitrogens with two attached hydrogens (primary N) is 1. The number of primary amides is 1. The summed E-state index contributed by atoms with van der Waals surface area (Å²) in [7, 11) is 0. The number of carbonyl (C=O) groups is 1. The monoisotopic (exact) mass is 262 g/mol. The zero-order valence-electron chi connectivity index (χ0n) is 8.41. The molecule has 1 amide bonds. The third-order valence-corrected chi connectivity index (χ3v) is 2.72. The van der Waals surface area contributed by atoms with Crippen LogP contribution in [0.5, 0.6) is 0 Å². The van der Waals surface area contributed by atoms with E-state index in [4.69, 9.17) is 34.0 Å². The van der Waals surface area contributed by atoms with E-state index in [1.165, 1.54) is 0 Å². The number of hydrogen-bond donors (Lipinski definition) is 3. The van der Waals surface area contributed by atoms with Gasteiger partial charge in [0, 0.05) is 13.1 Å². The van der Waals surface area contributed by atoms with Gasteiger partial charge in [-0.2, -0.15) is 0 Å². The SMILES string of the molecule is NC(=O)C(O)CNCc1ccc(Cl)c(Cl)c1. The molecule has 1 unspecified atom stereocenters. The smallest absolute Gasteiger partial charge is 0.247 e. The van der Waals surface area contributed by atoms with Crippen molar-refractivity contribution in [3.05, 3.63) is 33.8 Å². The highest BCUT2D eigenvalue weighted by Crippen LogP contribution is 2.22. The van der Waals surface area contributed by atoms with E-state index in [0.717, 1.165) is 5.56 Å². The Hall–Kier alpha value is -0.810. The van der Waals surface area contributed by atoms with E-state index < -0.39 is 12.0 Å². The van der Waals surface area contributed by atoms with Gasteiger partial charge in [-0.25, -0.2) is 0 Å². The number of aliphatic hydroxyl groups excluding tert-OH is 1. The third-order valence-electron chi connectivity index (χ3n) is 1.98. The van der Waals surface area contributed by atoms with Crippen LogP contribution in [0.2, 0.25) is 10.0 Å². The van der Waals surface area contributed by atoms with Crippen LogP contribution in [0.1, 0.15) is 5.56 Å². The van der Waals surface area contributed by atoms with Gasteiger partial charge in [0.1, 0.15) is 6.10 Å². The van der Waals surface area contributed by atoms with Crippen LogP contribution < -0.4 is 11.1 Å². The predicted octanol–water partition coefficient (Wildman–Crippen LogP) is 0.929. The largest absolute Gasteiger partial charge is 0.382 e. The van der Waals surface area contributed by atoms with Gasteiger partial charge in [0.25, 0.3) is 0 Å². The van der Waals surface area contributed by atoms with Crippen LogP contribution in [0.4, 0.5) is 0 Å². The van der Waals surface area contributed by atoms with Gasteiger partial charge < -0.3 is 16.2 Å². The maximum atomic E-state index is 10.5. The van der Waals surface area contributed by atoms with Crippen molar-refractivity contribution < 1.29 is 9.90 Å². The highest BCUT2D eigenvalue weighted by atomic mass is 35.5. The molecular formula is C10H12Cl2N2O2. The summed E-state index contributed by atoms with van der Waals surface area (Å²) in [6, 6.07) is 5.21. The fourth-order valence-corrected chi connectivity index (χ4v) is 1.42. The third kappa shape index (κ3) is 3.98. The second kappa shape index (κ2) is 6.06. The first-order chi connectivity index (χ1) is 7.50. The highest BCUT2D eigenvalue weighted by Gasteiger charge is 2.09. The summed E-state index contributed by atoms with van der Waals surface area (Å²) in [5.74, 6) is -0.748. The van der Waals surface area contributed by atoms with Crippen LogP contribution in [0.3, 0.4) is 0 Å². The molecule has 0 heterocycles. The van der Waals surface area contributed by atoms with E-state index in [0.29, 0.717) is 16.6 Å². The Kier molecular flexibility index (Phi) is 5.02. The molecule has 1 aromatic rings.